The zero-order valence-corrected chi connectivity index (χ0v) is 15.2. The van der Waals surface area contributed by atoms with Gasteiger partial charge in [0.2, 0.25) is 0 Å². The van der Waals surface area contributed by atoms with Gasteiger partial charge in [-0.3, -0.25) is 4.90 Å². The summed E-state index contributed by atoms with van der Waals surface area (Å²) in [5.41, 5.74) is 1.45. The highest BCUT2D eigenvalue weighted by molar-refractivity contribution is 7.10. The Hall–Kier alpha value is -1.36. The van der Waals surface area contributed by atoms with E-state index in [9.17, 15) is 5.26 Å². The fourth-order valence-electron chi connectivity index (χ4n) is 2.75. The molecule has 1 aliphatic heterocycles. The van der Waals surface area contributed by atoms with E-state index in [0.717, 1.165) is 23.7 Å². The van der Waals surface area contributed by atoms with Crippen molar-refractivity contribution in [1.82, 2.24) is 9.27 Å². The number of nitrogens with zero attached hydrogens (tertiary/aromatic N) is 3. The number of ether oxygens (including phenoxy) is 1. The van der Waals surface area contributed by atoms with E-state index in [0.29, 0.717) is 30.3 Å². The van der Waals surface area contributed by atoms with Crippen LogP contribution in [-0.2, 0) is 4.74 Å². The third-order valence-electron chi connectivity index (χ3n) is 3.97. The first-order valence-electron chi connectivity index (χ1n) is 7.56. The van der Waals surface area contributed by atoms with E-state index in [1.54, 1.807) is 0 Å². The molecule has 1 atom stereocenters. The highest BCUT2D eigenvalue weighted by Crippen LogP contribution is 2.31. The van der Waals surface area contributed by atoms with Crippen molar-refractivity contribution in [2.45, 2.75) is 6.04 Å². The number of rotatable bonds is 5. The van der Waals surface area contributed by atoms with Gasteiger partial charge in [0.15, 0.2) is 5.15 Å². The van der Waals surface area contributed by atoms with Crippen LogP contribution >= 0.6 is 34.7 Å². The highest BCUT2D eigenvalue weighted by Gasteiger charge is 2.25. The first-order valence-corrected chi connectivity index (χ1v) is 9.09. The maximum atomic E-state index is 9.21. The molecule has 5 nitrogen and oxygen atoms in total. The third kappa shape index (κ3) is 3.82. The number of hydrogen-bond donors (Lipinski definition) is 1. The van der Waals surface area contributed by atoms with Gasteiger partial charge in [0, 0.05) is 24.7 Å². The summed E-state index contributed by atoms with van der Waals surface area (Å²) in [6.45, 7) is 3.70. The molecule has 1 aliphatic rings. The Kier molecular flexibility index (Phi) is 5.93. The number of nitrogens with one attached hydrogen (secondary N) is 1. The normalized spacial score (nSPS) is 16.5. The summed E-state index contributed by atoms with van der Waals surface area (Å²) in [6, 6.07) is 10.0. The Bertz CT molecular complexity index is 740. The molecular formula is C16H16Cl2N4OS. The van der Waals surface area contributed by atoms with Gasteiger partial charge in [-0.1, -0.05) is 41.4 Å². The minimum atomic E-state index is 0.0787. The summed E-state index contributed by atoms with van der Waals surface area (Å²) in [7, 11) is 0. The van der Waals surface area contributed by atoms with Crippen LogP contribution in [-0.4, -0.2) is 42.1 Å². The van der Waals surface area contributed by atoms with Gasteiger partial charge in [0.05, 0.1) is 19.3 Å². The molecule has 1 fully saturated rings. The molecule has 0 amide bonds. The lowest BCUT2D eigenvalue weighted by Crippen LogP contribution is -2.41. The lowest BCUT2D eigenvalue weighted by Gasteiger charge is -2.35. The monoisotopic (exact) mass is 382 g/mol. The Balaban J connectivity index is 1.82. The molecule has 0 spiro atoms. The van der Waals surface area contributed by atoms with Crippen LogP contribution in [0.5, 0.6) is 0 Å². The van der Waals surface area contributed by atoms with Crippen LogP contribution in [0, 0.1) is 11.3 Å². The molecule has 0 radical (unpaired) electrons. The minimum Gasteiger partial charge on any atom is -0.379 e. The van der Waals surface area contributed by atoms with Crippen molar-refractivity contribution >= 4 is 39.7 Å². The molecule has 1 aromatic heterocycles. The van der Waals surface area contributed by atoms with Crippen LogP contribution in [0.4, 0.5) is 5.00 Å². The van der Waals surface area contributed by atoms with E-state index in [1.807, 2.05) is 24.3 Å². The molecule has 1 aromatic carbocycles. The SMILES string of the molecule is N#Cc1c(Cl)nsc1NC[C@H](c1ccccc1Cl)N1CCOCC1. The summed E-state index contributed by atoms with van der Waals surface area (Å²) in [6.07, 6.45) is 0. The topological polar surface area (TPSA) is 61.2 Å². The summed E-state index contributed by atoms with van der Waals surface area (Å²) in [5.74, 6) is 0. The number of benzene rings is 1. The molecule has 2 aromatic rings. The van der Waals surface area contributed by atoms with E-state index in [4.69, 9.17) is 27.9 Å². The molecule has 2 heterocycles. The summed E-state index contributed by atoms with van der Waals surface area (Å²) < 4.78 is 9.49. The number of morpholine rings is 1. The number of halogens is 2. The van der Waals surface area contributed by atoms with Crippen LogP contribution in [0.1, 0.15) is 17.2 Å². The number of aromatic nitrogens is 1. The molecule has 0 saturated carbocycles. The molecular weight excluding hydrogens is 367 g/mol. The van der Waals surface area contributed by atoms with Gasteiger partial charge in [-0.25, -0.2) is 0 Å². The molecule has 24 heavy (non-hydrogen) atoms. The van der Waals surface area contributed by atoms with E-state index in [1.165, 1.54) is 11.5 Å². The standard InChI is InChI=1S/C16H16Cl2N4OS/c17-13-4-2-1-3-11(13)14(22-5-7-23-8-6-22)10-20-16-12(9-19)15(18)21-24-16/h1-4,14,20H,5-8,10H2/t14-/m1/s1. The Morgan fingerprint density at radius 2 is 2.08 bits per heavy atom. The van der Waals surface area contributed by atoms with Crippen LogP contribution in [0.25, 0.3) is 0 Å². The maximum absolute atomic E-state index is 9.21. The van der Waals surface area contributed by atoms with Gasteiger partial charge in [0.25, 0.3) is 0 Å². The van der Waals surface area contributed by atoms with Crippen LogP contribution in [0.15, 0.2) is 24.3 Å². The molecule has 0 unspecified atom stereocenters. The zero-order chi connectivity index (χ0) is 16.9. The first kappa shape index (κ1) is 17.5. The molecule has 0 aliphatic carbocycles. The average Bonchev–Trinajstić information content (AvgIpc) is 2.97. The Morgan fingerprint density at radius 3 is 2.79 bits per heavy atom. The summed E-state index contributed by atoms with van der Waals surface area (Å²) in [5, 5.41) is 14.2. The second-order valence-electron chi connectivity index (χ2n) is 5.36. The fourth-order valence-corrected chi connectivity index (χ4v) is 3.95. The number of anilines is 1. The molecule has 126 valence electrons. The first-order chi connectivity index (χ1) is 11.7. The van der Waals surface area contributed by atoms with Crippen LogP contribution in [0.2, 0.25) is 10.2 Å². The van der Waals surface area contributed by atoms with E-state index in [2.05, 4.69) is 20.7 Å². The lowest BCUT2D eigenvalue weighted by atomic mass is 10.0. The van der Waals surface area contributed by atoms with Gasteiger partial charge in [-0.05, 0) is 23.2 Å². The van der Waals surface area contributed by atoms with Crippen LogP contribution < -0.4 is 5.32 Å². The Morgan fingerprint density at radius 1 is 1.33 bits per heavy atom. The number of hydrogen-bond acceptors (Lipinski definition) is 6. The highest BCUT2D eigenvalue weighted by atomic mass is 35.5. The average molecular weight is 383 g/mol. The van der Waals surface area contributed by atoms with Gasteiger partial charge in [-0.2, -0.15) is 9.64 Å². The van der Waals surface area contributed by atoms with Crippen molar-refractivity contribution < 1.29 is 4.74 Å². The van der Waals surface area contributed by atoms with Crippen molar-refractivity contribution in [1.29, 1.82) is 5.26 Å². The summed E-state index contributed by atoms with van der Waals surface area (Å²) in [4.78, 5) is 2.34. The van der Waals surface area contributed by atoms with E-state index in [-0.39, 0.29) is 11.2 Å². The predicted octanol–water partition coefficient (Wildman–Crippen LogP) is 3.81. The quantitative estimate of drug-likeness (QED) is 0.851. The van der Waals surface area contributed by atoms with Crippen molar-refractivity contribution in [2.75, 3.05) is 38.2 Å². The largest absolute Gasteiger partial charge is 0.379 e. The van der Waals surface area contributed by atoms with Crippen molar-refractivity contribution in [3.8, 4) is 6.07 Å². The molecule has 8 heteroatoms. The molecule has 0 bridgehead atoms. The smallest absolute Gasteiger partial charge is 0.162 e. The van der Waals surface area contributed by atoms with Crippen molar-refractivity contribution in [3.05, 3.63) is 45.6 Å². The van der Waals surface area contributed by atoms with Crippen LogP contribution in [0.3, 0.4) is 0 Å². The second kappa shape index (κ2) is 8.15. The maximum Gasteiger partial charge on any atom is 0.162 e. The van der Waals surface area contributed by atoms with Crippen molar-refractivity contribution in [2.24, 2.45) is 0 Å². The minimum absolute atomic E-state index is 0.0787. The fraction of sp³-hybridized carbons (Fsp3) is 0.375. The van der Waals surface area contributed by atoms with Gasteiger partial charge in [-0.15, -0.1) is 0 Å². The zero-order valence-electron chi connectivity index (χ0n) is 12.8. The lowest BCUT2D eigenvalue weighted by molar-refractivity contribution is 0.0187. The van der Waals surface area contributed by atoms with Gasteiger partial charge in [0.1, 0.15) is 16.6 Å². The Labute approximate surface area is 154 Å². The van der Waals surface area contributed by atoms with Gasteiger partial charge < -0.3 is 10.1 Å². The molecule has 3 rings (SSSR count). The van der Waals surface area contributed by atoms with E-state index >= 15 is 0 Å². The third-order valence-corrected chi connectivity index (χ3v) is 5.49. The van der Waals surface area contributed by atoms with E-state index < -0.39 is 0 Å². The molecule has 1 saturated heterocycles. The summed E-state index contributed by atoms with van der Waals surface area (Å²) >= 11 is 13.6. The predicted molar refractivity (Wildman–Crippen MR) is 96.9 cm³/mol. The molecule has 1 N–H and O–H groups in total. The van der Waals surface area contributed by atoms with Crippen molar-refractivity contribution in [3.63, 3.8) is 0 Å². The second-order valence-corrected chi connectivity index (χ2v) is 6.89. The van der Waals surface area contributed by atoms with Gasteiger partial charge >= 0.3 is 0 Å². The number of nitriles is 1.